The Bertz CT molecular complexity index is 660. The van der Waals surface area contributed by atoms with Crippen molar-refractivity contribution >= 4 is 23.4 Å². The summed E-state index contributed by atoms with van der Waals surface area (Å²) in [4.78, 5) is 23.4. The third kappa shape index (κ3) is 6.71. The first-order valence-electron chi connectivity index (χ1n) is 7.59. The third-order valence-corrected chi connectivity index (χ3v) is 3.41. The van der Waals surface area contributed by atoms with Crippen molar-refractivity contribution in [2.45, 2.75) is 6.42 Å². The van der Waals surface area contributed by atoms with Gasteiger partial charge in [-0.3, -0.25) is 9.59 Å². The Morgan fingerprint density at radius 3 is 2.33 bits per heavy atom. The molecule has 0 unspecified atom stereocenters. The summed E-state index contributed by atoms with van der Waals surface area (Å²) < 4.78 is 5.46. The maximum Gasteiger partial charge on any atom is 0.239 e. The lowest BCUT2D eigenvalue weighted by Gasteiger charge is -2.09. The Morgan fingerprint density at radius 2 is 1.62 bits per heavy atom. The van der Waals surface area contributed by atoms with Crippen molar-refractivity contribution in [3.05, 3.63) is 65.2 Å². The van der Waals surface area contributed by atoms with Crippen LogP contribution >= 0.6 is 11.6 Å². The van der Waals surface area contributed by atoms with Crippen LogP contribution in [0.4, 0.5) is 0 Å². The Hall–Kier alpha value is -2.53. The van der Waals surface area contributed by atoms with Gasteiger partial charge >= 0.3 is 0 Å². The van der Waals surface area contributed by atoms with E-state index in [1.54, 1.807) is 24.3 Å². The van der Waals surface area contributed by atoms with Crippen LogP contribution in [0.25, 0.3) is 0 Å². The van der Waals surface area contributed by atoms with E-state index in [9.17, 15) is 9.59 Å². The zero-order valence-electron chi connectivity index (χ0n) is 13.1. The highest BCUT2D eigenvalue weighted by Crippen LogP contribution is 2.15. The smallest absolute Gasteiger partial charge is 0.239 e. The van der Waals surface area contributed by atoms with E-state index >= 15 is 0 Å². The molecule has 2 amide bonds. The average Bonchev–Trinajstić information content (AvgIpc) is 2.59. The Kier molecular flexibility index (Phi) is 7.11. The summed E-state index contributed by atoms with van der Waals surface area (Å²) in [5, 5.41) is 5.91. The zero-order valence-corrected chi connectivity index (χ0v) is 13.9. The van der Waals surface area contributed by atoms with E-state index in [0.29, 0.717) is 23.9 Å². The lowest BCUT2D eigenvalue weighted by atomic mass is 10.1. The largest absolute Gasteiger partial charge is 0.492 e. The van der Waals surface area contributed by atoms with Gasteiger partial charge in [-0.05, 0) is 29.8 Å². The van der Waals surface area contributed by atoms with Crippen molar-refractivity contribution in [3.8, 4) is 5.75 Å². The molecule has 0 aliphatic carbocycles. The predicted octanol–water partition coefficient (Wildman–Crippen LogP) is 2.19. The maximum atomic E-state index is 11.7. The second-order valence-corrected chi connectivity index (χ2v) is 5.53. The number of benzene rings is 2. The van der Waals surface area contributed by atoms with Crippen LogP contribution < -0.4 is 15.4 Å². The van der Waals surface area contributed by atoms with Crippen LogP contribution in [-0.4, -0.2) is 31.5 Å². The van der Waals surface area contributed by atoms with Crippen molar-refractivity contribution in [1.82, 2.24) is 10.6 Å². The van der Waals surface area contributed by atoms with Crippen LogP contribution in [0.15, 0.2) is 54.6 Å². The fourth-order valence-electron chi connectivity index (χ4n) is 1.98. The molecule has 0 fully saturated rings. The molecule has 2 rings (SSSR count). The fraction of sp³-hybridized carbons (Fsp3) is 0.222. The highest BCUT2D eigenvalue weighted by Gasteiger charge is 2.06. The van der Waals surface area contributed by atoms with Gasteiger partial charge in [0.25, 0.3) is 0 Å². The van der Waals surface area contributed by atoms with Gasteiger partial charge in [0.15, 0.2) is 0 Å². The molecule has 24 heavy (non-hydrogen) atoms. The van der Waals surface area contributed by atoms with Crippen LogP contribution in [0.1, 0.15) is 5.56 Å². The first-order valence-corrected chi connectivity index (χ1v) is 7.97. The van der Waals surface area contributed by atoms with Gasteiger partial charge in [-0.15, -0.1) is 0 Å². The molecule has 5 nitrogen and oxygen atoms in total. The first kappa shape index (κ1) is 17.8. The lowest BCUT2D eigenvalue weighted by molar-refractivity contribution is -0.125. The number of amides is 2. The van der Waals surface area contributed by atoms with Crippen LogP contribution in [0.2, 0.25) is 5.02 Å². The number of halogens is 1. The Labute approximate surface area is 146 Å². The summed E-state index contributed by atoms with van der Waals surface area (Å²) in [7, 11) is 0. The summed E-state index contributed by atoms with van der Waals surface area (Å²) in [6.45, 7) is 0.647. The molecule has 0 aliphatic rings. The van der Waals surface area contributed by atoms with Gasteiger partial charge in [0, 0.05) is 5.02 Å². The van der Waals surface area contributed by atoms with E-state index < -0.39 is 0 Å². The van der Waals surface area contributed by atoms with Crippen LogP contribution in [0.5, 0.6) is 5.75 Å². The van der Waals surface area contributed by atoms with Gasteiger partial charge in [-0.1, -0.05) is 41.9 Å². The second kappa shape index (κ2) is 9.57. The molecule has 2 N–H and O–H groups in total. The monoisotopic (exact) mass is 346 g/mol. The van der Waals surface area contributed by atoms with Crippen LogP contribution in [-0.2, 0) is 16.0 Å². The minimum absolute atomic E-state index is 0.0490. The van der Waals surface area contributed by atoms with Crippen LogP contribution in [0.3, 0.4) is 0 Å². The van der Waals surface area contributed by atoms with Gasteiger partial charge < -0.3 is 15.4 Å². The minimum Gasteiger partial charge on any atom is -0.492 e. The molecule has 0 bridgehead atoms. The van der Waals surface area contributed by atoms with Crippen molar-refractivity contribution in [2.24, 2.45) is 0 Å². The van der Waals surface area contributed by atoms with Gasteiger partial charge in [-0.2, -0.15) is 0 Å². The highest BCUT2D eigenvalue weighted by atomic mass is 35.5. The second-order valence-electron chi connectivity index (χ2n) is 5.09. The molecule has 0 aliphatic heterocycles. The third-order valence-electron chi connectivity index (χ3n) is 3.16. The quantitative estimate of drug-likeness (QED) is 0.720. The molecular formula is C18H19ClN2O3. The van der Waals surface area contributed by atoms with E-state index in [2.05, 4.69) is 10.6 Å². The summed E-state index contributed by atoms with van der Waals surface area (Å²) in [5.41, 5.74) is 0.909. The number of carbonyl (C=O) groups is 2. The van der Waals surface area contributed by atoms with E-state index in [-0.39, 0.29) is 24.8 Å². The fourth-order valence-corrected chi connectivity index (χ4v) is 2.10. The van der Waals surface area contributed by atoms with Crippen LogP contribution in [0, 0.1) is 0 Å². The van der Waals surface area contributed by atoms with Gasteiger partial charge in [-0.25, -0.2) is 0 Å². The van der Waals surface area contributed by atoms with Gasteiger partial charge in [0.1, 0.15) is 12.4 Å². The minimum atomic E-state index is -0.254. The topological polar surface area (TPSA) is 67.4 Å². The molecule has 0 aromatic heterocycles. The molecular weight excluding hydrogens is 328 g/mol. The Balaban J connectivity index is 1.58. The summed E-state index contributed by atoms with van der Waals surface area (Å²) in [6.07, 6.45) is 0.258. The van der Waals surface area contributed by atoms with Crippen molar-refractivity contribution < 1.29 is 14.3 Å². The maximum absolute atomic E-state index is 11.7. The van der Waals surface area contributed by atoms with E-state index in [1.165, 1.54) is 0 Å². The number of ether oxygens (including phenoxy) is 1. The summed E-state index contributed by atoms with van der Waals surface area (Å²) in [6, 6.07) is 16.4. The average molecular weight is 347 g/mol. The SMILES string of the molecule is O=C(CNC(=O)Cc1ccccc1)NCCOc1ccc(Cl)cc1. The number of nitrogens with one attached hydrogen (secondary N) is 2. The molecule has 0 spiro atoms. The molecule has 0 atom stereocenters. The van der Waals surface area contributed by atoms with Crippen molar-refractivity contribution in [3.63, 3.8) is 0 Å². The molecule has 6 heteroatoms. The summed E-state index contributed by atoms with van der Waals surface area (Å²) in [5.74, 6) is 0.245. The predicted molar refractivity (Wildman–Crippen MR) is 93.1 cm³/mol. The number of hydrogen-bond acceptors (Lipinski definition) is 3. The number of rotatable bonds is 8. The van der Waals surface area contributed by atoms with E-state index in [4.69, 9.17) is 16.3 Å². The molecule has 2 aromatic carbocycles. The van der Waals surface area contributed by atoms with E-state index in [1.807, 2.05) is 30.3 Å². The molecule has 0 saturated carbocycles. The number of carbonyl (C=O) groups excluding carboxylic acids is 2. The van der Waals surface area contributed by atoms with Gasteiger partial charge in [0.2, 0.25) is 11.8 Å². The van der Waals surface area contributed by atoms with Gasteiger partial charge in [0.05, 0.1) is 19.5 Å². The summed E-state index contributed by atoms with van der Waals surface area (Å²) >= 11 is 5.78. The van der Waals surface area contributed by atoms with Crippen molar-refractivity contribution in [2.75, 3.05) is 19.7 Å². The van der Waals surface area contributed by atoms with Crippen molar-refractivity contribution in [1.29, 1.82) is 0 Å². The zero-order chi connectivity index (χ0) is 17.2. The standard InChI is InChI=1S/C18H19ClN2O3/c19-15-6-8-16(9-7-15)24-11-10-20-18(23)13-21-17(22)12-14-4-2-1-3-5-14/h1-9H,10-13H2,(H,20,23)(H,21,22). The molecule has 0 radical (unpaired) electrons. The molecule has 126 valence electrons. The lowest BCUT2D eigenvalue weighted by Crippen LogP contribution is -2.39. The van der Waals surface area contributed by atoms with E-state index in [0.717, 1.165) is 5.56 Å². The molecule has 0 saturated heterocycles. The highest BCUT2D eigenvalue weighted by molar-refractivity contribution is 6.30. The Morgan fingerprint density at radius 1 is 0.917 bits per heavy atom. The molecule has 0 heterocycles. The first-order chi connectivity index (χ1) is 11.6. The normalized spacial score (nSPS) is 10.0. The molecule has 2 aromatic rings. The number of hydrogen-bond donors (Lipinski definition) is 2.